The predicted octanol–water partition coefficient (Wildman–Crippen LogP) is 3.71. The molecule has 1 aromatic rings. The van der Waals surface area contributed by atoms with Gasteiger partial charge in [-0.25, -0.2) is 13.6 Å². The fraction of sp³-hybridized carbons (Fsp3) is 0.462. The quantitative estimate of drug-likeness (QED) is 0.855. The summed E-state index contributed by atoms with van der Waals surface area (Å²) in [5.41, 5.74) is -0.269. The zero-order chi connectivity index (χ0) is 12.4. The molecule has 2 nitrogen and oxygen atoms in total. The van der Waals surface area contributed by atoms with Crippen LogP contribution in [0.4, 0.5) is 8.78 Å². The average Bonchev–Trinajstić information content (AvgIpc) is 2.28. The Morgan fingerprint density at radius 1 is 1.12 bits per heavy atom. The molecule has 0 amide bonds. The molecule has 92 valence electrons. The van der Waals surface area contributed by atoms with Crippen LogP contribution in [0.25, 0.3) is 0 Å². The van der Waals surface area contributed by atoms with E-state index in [0.717, 1.165) is 32.1 Å². The van der Waals surface area contributed by atoms with E-state index in [1.165, 1.54) is 12.1 Å². The van der Waals surface area contributed by atoms with Crippen molar-refractivity contribution in [2.75, 3.05) is 0 Å². The molecule has 0 aliphatic heterocycles. The van der Waals surface area contributed by atoms with Crippen molar-refractivity contribution < 1.29 is 18.7 Å². The normalized spacial score (nSPS) is 17.1. The van der Waals surface area contributed by atoms with Gasteiger partial charge in [-0.3, -0.25) is 0 Å². The molecule has 0 saturated heterocycles. The van der Waals surface area contributed by atoms with Gasteiger partial charge >= 0.3 is 5.97 Å². The van der Waals surface area contributed by atoms with Crippen molar-refractivity contribution in [3.05, 3.63) is 34.9 Å². The van der Waals surface area contributed by atoms with Crippen molar-refractivity contribution in [1.29, 1.82) is 0 Å². The van der Waals surface area contributed by atoms with Gasteiger partial charge in [0.2, 0.25) is 0 Å². The summed E-state index contributed by atoms with van der Waals surface area (Å²) in [6.45, 7) is 0. The second kappa shape index (κ2) is 4.82. The maximum Gasteiger partial charge on any atom is 0.341 e. The molecule has 0 bridgehead atoms. The monoisotopic (exact) mass is 240 g/mol. The minimum Gasteiger partial charge on any atom is -0.477 e. The third-order valence-corrected chi connectivity index (χ3v) is 3.35. The summed E-state index contributed by atoms with van der Waals surface area (Å²) in [7, 11) is 0. The van der Waals surface area contributed by atoms with Gasteiger partial charge in [-0.1, -0.05) is 19.3 Å². The van der Waals surface area contributed by atoms with Crippen LogP contribution in [0.3, 0.4) is 0 Å². The topological polar surface area (TPSA) is 37.3 Å². The van der Waals surface area contributed by atoms with Gasteiger partial charge in [0.15, 0.2) is 0 Å². The van der Waals surface area contributed by atoms with Crippen LogP contribution in [0.5, 0.6) is 0 Å². The molecule has 0 atom stereocenters. The van der Waals surface area contributed by atoms with E-state index in [-0.39, 0.29) is 5.92 Å². The van der Waals surface area contributed by atoms with Crippen LogP contribution in [0.2, 0.25) is 0 Å². The highest BCUT2D eigenvalue weighted by Gasteiger charge is 2.22. The summed E-state index contributed by atoms with van der Waals surface area (Å²) in [6, 6.07) is 2.34. The largest absolute Gasteiger partial charge is 0.477 e. The molecule has 0 spiro atoms. The van der Waals surface area contributed by atoms with Gasteiger partial charge in [-0.05, 0) is 36.5 Å². The lowest BCUT2D eigenvalue weighted by Crippen LogP contribution is -2.09. The van der Waals surface area contributed by atoms with E-state index >= 15 is 0 Å². The first kappa shape index (κ1) is 12.0. The smallest absolute Gasteiger partial charge is 0.341 e. The van der Waals surface area contributed by atoms with E-state index in [1.54, 1.807) is 0 Å². The van der Waals surface area contributed by atoms with Crippen molar-refractivity contribution in [3.8, 4) is 0 Å². The first-order valence-electron chi connectivity index (χ1n) is 5.82. The number of carboxylic acid groups (broad SMARTS) is 1. The molecule has 4 heteroatoms. The molecule has 1 aliphatic carbocycles. The molecule has 2 rings (SSSR count). The molecule has 1 N–H and O–H groups in total. The number of carboxylic acids is 1. The average molecular weight is 240 g/mol. The van der Waals surface area contributed by atoms with E-state index in [9.17, 15) is 13.6 Å². The van der Waals surface area contributed by atoms with Gasteiger partial charge < -0.3 is 5.11 Å². The van der Waals surface area contributed by atoms with Crippen molar-refractivity contribution >= 4 is 5.97 Å². The summed E-state index contributed by atoms with van der Waals surface area (Å²) in [6.07, 6.45) is 5.13. The van der Waals surface area contributed by atoms with Crippen molar-refractivity contribution in [2.45, 2.75) is 38.0 Å². The first-order chi connectivity index (χ1) is 8.09. The number of halogens is 2. The Kier molecular flexibility index (Phi) is 3.41. The first-order valence-corrected chi connectivity index (χ1v) is 5.82. The Morgan fingerprint density at radius 3 is 2.12 bits per heavy atom. The third-order valence-electron chi connectivity index (χ3n) is 3.35. The molecule has 1 fully saturated rings. The molecule has 0 unspecified atom stereocenters. The number of hydrogen-bond acceptors (Lipinski definition) is 1. The molecular formula is C13H14F2O2. The SMILES string of the molecule is O=C(O)c1c(F)cc(C2CCCCC2)cc1F. The Bertz CT molecular complexity index is 414. The Hall–Kier alpha value is -1.45. The zero-order valence-electron chi connectivity index (χ0n) is 9.38. The minimum absolute atomic E-state index is 0.163. The van der Waals surface area contributed by atoms with E-state index in [2.05, 4.69) is 0 Å². The highest BCUT2D eigenvalue weighted by Crippen LogP contribution is 2.33. The summed E-state index contributed by atoms with van der Waals surface area (Å²) in [5, 5.41) is 8.67. The minimum atomic E-state index is -1.56. The predicted molar refractivity (Wildman–Crippen MR) is 59.1 cm³/mol. The lowest BCUT2D eigenvalue weighted by atomic mass is 9.84. The van der Waals surface area contributed by atoms with Gasteiger partial charge in [0, 0.05) is 0 Å². The third kappa shape index (κ3) is 2.46. The number of benzene rings is 1. The summed E-state index contributed by atoms with van der Waals surface area (Å²) >= 11 is 0. The van der Waals surface area contributed by atoms with Crippen molar-refractivity contribution in [2.24, 2.45) is 0 Å². The van der Waals surface area contributed by atoms with Crippen LogP contribution in [0.1, 0.15) is 53.9 Å². The molecule has 17 heavy (non-hydrogen) atoms. The van der Waals surface area contributed by atoms with Gasteiger partial charge in [0.1, 0.15) is 17.2 Å². The van der Waals surface area contributed by atoms with Crippen molar-refractivity contribution in [3.63, 3.8) is 0 Å². The van der Waals surface area contributed by atoms with Crippen LogP contribution >= 0.6 is 0 Å². The second-order valence-corrected chi connectivity index (χ2v) is 4.50. The summed E-state index contributed by atoms with van der Waals surface area (Å²) in [5.74, 6) is -3.35. The molecule has 1 aliphatic rings. The van der Waals surface area contributed by atoms with Crippen LogP contribution in [-0.4, -0.2) is 11.1 Å². The maximum atomic E-state index is 13.5. The Morgan fingerprint density at radius 2 is 1.65 bits per heavy atom. The Balaban J connectivity index is 2.34. The number of aromatic carboxylic acids is 1. The van der Waals surface area contributed by atoms with Crippen LogP contribution in [0.15, 0.2) is 12.1 Å². The van der Waals surface area contributed by atoms with Crippen LogP contribution in [-0.2, 0) is 0 Å². The maximum absolute atomic E-state index is 13.5. The number of rotatable bonds is 2. The van der Waals surface area contributed by atoms with E-state index < -0.39 is 23.2 Å². The highest BCUT2D eigenvalue weighted by molar-refractivity contribution is 5.88. The summed E-state index contributed by atoms with van der Waals surface area (Å²) < 4.78 is 27.0. The lowest BCUT2D eigenvalue weighted by Gasteiger charge is -2.22. The van der Waals surface area contributed by atoms with Gasteiger partial charge in [0.25, 0.3) is 0 Å². The molecule has 0 aromatic heterocycles. The van der Waals surface area contributed by atoms with Gasteiger partial charge in [-0.15, -0.1) is 0 Å². The summed E-state index contributed by atoms with van der Waals surface area (Å²) in [4.78, 5) is 10.7. The highest BCUT2D eigenvalue weighted by atomic mass is 19.1. The van der Waals surface area contributed by atoms with Crippen molar-refractivity contribution in [1.82, 2.24) is 0 Å². The molecule has 0 heterocycles. The standard InChI is InChI=1S/C13H14F2O2/c14-10-6-9(8-4-2-1-3-5-8)7-11(15)12(10)13(16)17/h6-8H,1-5H2,(H,16,17). The molecular weight excluding hydrogens is 226 g/mol. The van der Waals surface area contributed by atoms with E-state index in [4.69, 9.17) is 5.11 Å². The molecule has 1 aromatic carbocycles. The molecule has 1 saturated carbocycles. The second-order valence-electron chi connectivity index (χ2n) is 4.50. The van der Waals surface area contributed by atoms with Crippen LogP contribution in [0, 0.1) is 11.6 Å². The Labute approximate surface area is 98.3 Å². The van der Waals surface area contributed by atoms with Gasteiger partial charge in [-0.2, -0.15) is 0 Å². The van der Waals surface area contributed by atoms with E-state index in [1.807, 2.05) is 0 Å². The van der Waals surface area contributed by atoms with E-state index in [0.29, 0.717) is 5.56 Å². The zero-order valence-corrected chi connectivity index (χ0v) is 9.38. The number of hydrogen-bond donors (Lipinski definition) is 1. The van der Waals surface area contributed by atoms with Crippen LogP contribution < -0.4 is 0 Å². The van der Waals surface area contributed by atoms with Gasteiger partial charge in [0.05, 0.1) is 0 Å². The number of carbonyl (C=O) groups is 1. The molecule has 0 radical (unpaired) electrons. The fourth-order valence-corrected chi connectivity index (χ4v) is 2.47. The lowest BCUT2D eigenvalue weighted by molar-refractivity contribution is 0.0686. The fourth-order valence-electron chi connectivity index (χ4n) is 2.47.